The molecule has 1 radical (unpaired) electrons. The van der Waals surface area contributed by atoms with Crippen molar-refractivity contribution in [3.8, 4) is 0 Å². The van der Waals surface area contributed by atoms with Crippen LogP contribution in [-0.4, -0.2) is 14.6 Å². The molecule has 0 amide bonds. The van der Waals surface area contributed by atoms with E-state index in [2.05, 4.69) is 69.0 Å². The summed E-state index contributed by atoms with van der Waals surface area (Å²) in [6.07, 6.45) is 1.86. The van der Waals surface area contributed by atoms with Crippen molar-refractivity contribution in [2.24, 2.45) is 0 Å². The summed E-state index contributed by atoms with van der Waals surface area (Å²) in [6.45, 7) is 7.97. The maximum Gasteiger partial charge on any atom is 0.283 e. The van der Waals surface area contributed by atoms with Gasteiger partial charge in [0.05, 0.1) is 5.60 Å². The third-order valence-corrected chi connectivity index (χ3v) is 5.37. The van der Waals surface area contributed by atoms with E-state index in [1.165, 1.54) is 10.4 Å². The average Bonchev–Trinajstić information content (AvgIpc) is 2.47. The summed E-state index contributed by atoms with van der Waals surface area (Å²) >= 11 is 0. The van der Waals surface area contributed by atoms with Crippen LogP contribution in [0, 0.1) is 0 Å². The van der Waals surface area contributed by atoms with Crippen molar-refractivity contribution in [2.75, 3.05) is 0 Å². The molecule has 0 saturated carbocycles. The summed E-state index contributed by atoms with van der Waals surface area (Å²) < 4.78 is 6.34. The van der Waals surface area contributed by atoms with Gasteiger partial charge in [0, 0.05) is 0 Å². The van der Waals surface area contributed by atoms with Crippen LogP contribution in [0.5, 0.6) is 0 Å². The van der Waals surface area contributed by atoms with Gasteiger partial charge in [0.1, 0.15) is 0 Å². The summed E-state index contributed by atoms with van der Waals surface area (Å²) in [5.41, 5.74) is -0.319. The highest BCUT2D eigenvalue weighted by Crippen LogP contribution is 2.12. The Morgan fingerprint density at radius 2 is 1.32 bits per heavy atom. The Morgan fingerprint density at radius 3 is 1.68 bits per heavy atom. The van der Waals surface area contributed by atoms with E-state index in [4.69, 9.17) is 4.43 Å². The molecule has 0 atom stereocenters. The molecule has 0 saturated heterocycles. The normalized spacial score (nSPS) is 11.5. The molecule has 19 heavy (non-hydrogen) atoms. The minimum Gasteiger partial charge on any atom is -0.399 e. The van der Waals surface area contributed by atoms with Crippen molar-refractivity contribution < 1.29 is 4.43 Å². The molecule has 0 aliphatic carbocycles. The van der Waals surface area contributed by atoms with Gasteiger partial charge in [0.25, 0.3) is 9.04 Å². The van der Waals surface area contributed by atoms with Gasteiger partial charge in [-0.1, -0.05) is 66.7 Å². The predicted octanol–water partition coefficient (Wildman–Crippen LogP) is 2.77. The van der Waals surface area contributed by atoms with E-state index < -0.39 is 9.04 Å². The predicted molar refractivity (Wildman–Crippen MR) is 83.3 cm³/mol. The summed E-state index contributed by atoms with van der Waals surface area (Å²) in [5, 5.41) is 2.52. The van der Waals surface area contributed by atoms with Crippen molar-refractivity contribution in [1.82, 2.24) is 0 Å². The zero-order valence-corrected chi connectivity index (χ0v) is 12.5. The Balaban J connectivity index is 2.37. The molecule has 0 heterocycles. The molecule has 0 aliphatic heterocycles. The zero-order valence-electron chi connectivity index (χ0n) is 11.5. The van der Waals surface area contributed by atoms with Crippen LogP contribution in [0.4, 0.5) is 0 Å². The average molecular weight is 267 g/mol. The number of hydrogen-bond donors (Lipinski definition) is 0. The molecule has 2 aromatic carbocycles. The lowest BCUT2D eigenvalue weighted by Crippen LogP contribution is -2.49. The van der Waals surface area contributed by atoms with Gasteiger partial charge in [-0.25, -0.2) is 0 Å². The van der Waals surface area contributed by atoms with Crippen LogP contribution in [-0.2, 0) is 4.43 Å². The molecule has 1 nitrogen and oxygen atoms in total. The Labute approximate surface area is 117 Å². The quantitative estimate of drug-likeness (QED) is 0.598. The molecule has 0 unspecified atom stereocenters. The molecular weight excluding hydrogens is 248 g/mol. The molecule has 97 valence electrons. The Kier molecular flexibility index (Phi) is 4.35. The lowest BCUT2D eigenvalue weighted by molar-refractivity contribution is 0.169. The first-order valence-corrected chi connectivity index (χ1v) is 7.83. The van der Waals surface area contributed by atoms with Crippen molar-refractivity contribution in [1.29, 1.82) is 0 Å². The molecule has 2 rings (SSSR count). The molecule has 0 N–H and O–H groups in total. The van der Waals surface area contributed by atoms with E-state index in [0.717, 1.165) is 0 Å². The van der Waals surface area contributed by atoms with Crippen molar-refractivity contribution in [3.05, 3.63) is 73.3 Å². The summed E-state index contributed by atoms with van der Waals surface area (Å²) in [7, 11) is -1.24. The first kappa shape index (κ1) is 13.8. The minimum atomic E-state index is -1.24. The standard InChI is InChI=1S/C17H19OSi/c1-4-17(2,3)18-19(15-11-7-5-8-12-15)16-13-9-6-10-14-16/h4-14H,1H2,2-3H3. The monoisotopic (exact) mass is 267 g/mol. The fraction of sp³-hybridized carbons (Fsp3) is 0.176. The molecule has 2 aromatic rings. The van der Waals surface area contributed by atoms with Gasteiger partial charge in [-0.3, -0.25) is 0 Å². The summed E-state index contributed by atoms with van der Waals surface area (Å²) in [5.74, 6) is 0. The van der Waals surface area contributed by atoms with Crippen LogP contribution in [0.3, 0.4) is 0 Å². The maximum atomic E-state index is 6.34. The molecular formula is C17H19OSi. The molecule has 2 heteroatoms. The third kappa shape index (κ3) is 3.66. The summed E-state index contributed by atoms with van der Waals surface area (Å²) in [6, 6.07) is 20.9. The number of hydrogen-bond acceptors (Lipinski definition) is 1. The van der Waals surface area contributed by atoms with Gasteiger partial charge >= 0.3 is 0 Å². The van der Waals surface area contributed by atoms with Gasteiger partial charge in [-0.2, -0.15) is 0 Å². The second kappa shape index (κ2) is 6.00. The van der Waals surface area contributed by atoms with Crippen LogP contribution in [0.2, 0.25) is 0 Å². The highest BCUT2D eigenvalue weighted by atomic mass is 28.3. The van der Waals surface area contributed by atoms with Crippen molar-refractivity contribution in [3.63, 3.8) is 0 Å². The first-order chi connectivity index (χ1) is 9.12. The lowest BCUT2D eigenvalue weighted by Gasteiger charge is -2.27. The van der Waals surface area contributed by atoms with Crippen molar-refractivity contribution >= 4 is 19.4 Å². The lowest BCUT2D eigenvalue weighted by atomic mass is 10.1. The second-order valence-corrected chi connectivity index (χ2v) is 6.99. The van der Waals surface area contributed by atoms with Crippen LogP contribution in [0.25, 0.3) is 0 Å². The second-order valence-electron chi connectivity index (χ2n) is 4.97. The van der Waals surface area contributed by atoms with Crippen LogP contribution in [0.1, 0.15) is 13.8 Å². The van der Waals surface area contributed by atoms with Gasteiger partial charge in [0.2, 0.25) is 0 Å². The van der Waals surface area contributed by atoms with Crippen LogP contribution >= 0.6 is 0 Å². The van der Waals surface area contributed by atoms with Crippen LogP contribution < -0.4 is 10.4 Å². The molecule has 0 fully saturated rings. The van der Waals surface area contributed by atoms with Crippen molar-refractivity contribution in [2.45, 2.75) is 19.4 Å². The van der Waals surface area contributed by atoms with Gasteiger partial charge in [-0.15, -0.1) is 6.58 Å². The van der Waals surface area contributed by atoms with E-state index >= 15 is 0 Å². The van der Waals surface area contributed by atoms with E-state index in [-0.39, 0.29) is 5.60 Å². The SMILES string of the molecule is C=CC(C)(C)O[Si](c1ccccc1)c1ccccc1. The Bertz CT molecular complexity index is 480. The molecule has 0 spiro atoms. The van der Waals surface area contributed by atoms with Gasteiger partial charge in [-0.05, 0) is 24.2 Å². The van der Waals surface area contributed by atoms with E-state index in [0.29, 0.717) is 0 Å². The minimum absolute atomic E-state index is 0.319. The zero-order chi connectivity index (χ0) is 13.7. The van der Waals surface area contributed by atoms with Gasteiger partial charge < -0.3 is 4.43 Å². The highest BCUT2D eigenvalue weighted by Gasteiger charge is 2.26. The maximum absolute atomic E-state index is 6.34. The number of benzene rings is 2. The smallest absolute Gasteiger partial charge is 0.283 e. The third-order valence-electron chi connectivity index (χ3n) is 2.93. The largest absolute Gasteiger partial charge is 0.399 e. The fourth-order valence-corrected chi connectivity index (χ4v) is 3.94. The highest BCUT2D eigenvalue weighted by molar-refractivity contribution is 6.80. The summed E-state index contributed by atoms with van der Waals surface area (Å²) in [4.78, 5) is 0. The molecule has 0 aromatic heterocycles. The first-order valence-electron chi connectivity index (χ1n) is 6.43. The molecule has 0 aliphatic rings. The number of rotatable bonds is 5. The van der Waals surface area contributed by atoms with E-state index in [9.17, 15) is 0 Å². The Morgan fingerprint density at radius 1 is 0.895 bits per heavy atom. The topological polar surface area (TPSA) is 9.23 Å². The van der Waals surface area contributed by atoms with Crippen LogP contribution in [0.15, 0.2) is 73.3 Å². The van der Waals surface area contributed by atoms with E-state index in [1.54, 1.807) is 0 Å². The fourth-order valence-electron chi connectivity index (χ4n) is 1.77. The molecule has 0 bridgehead atoms. The van der Waals surface area contributed by atoms with E-state index in [1.807, 2.05) is 18.2 Å². The Hall–Kier alpha value is -1.64. The van der Waals surface area contributed by atoms with Gasteiger partial charge in [0.15, 0.2) is 0 Å².